The first-order valence-corrected chi connectivity index (χ1v) is 9.32. The molecule has 0 aliphatic heterocycles. The molecule has 3 aromatic heterocycles. The summed E-state index contributed by atoms with van der Waals surface area (Å²) in [7, 11) is 0. The summed E-state index contributed by atoms with van der Waals surface area (Å²) in [5.74, 6) is 0.528. The normalized spacial score (nSPS) is 10.9. The smallest absolute Gasteiger partial charge is 0.336 e. The monoisotopic (exact) mass is 389 g/mol. The number of benzene rings is 1. The molecule has 0 atom stereocenters. The van der Waals surface area contributed by atoms with Crippen molar-refractivity contribution in [2.75, 3.05) is 5.32 Å². The van der Waals surface area contributed by atoms with Crippen LogP contribution >= 0.6 is 11.3 Å². The van der Waals surface area contributed by atoms with Gasteiger partial charge in [-0.25, -0.2) is 9.78 Å². The molecule has 0 aliphatic carbocycles. The number of ether oxygens (including phenoxy) is 1. The van der Waals surface area contributed by atoms with Gasteiger partial charge in [-0.1, -0.05) is 12.1 Å². The fraction of sp³-hybridized carbons (Fsp3) is 0. The van der Waals surface area contributed by atoms with Crippen molar-refractivity contribution in [3.63, 3.8) is 0 Å². The maximum Gasteiger partial charge on any atom is 0.336 e. The van der Waals surface area contributed by atoms with Crippen LogP contribution in [0.3, 0.4) is 0 Å². The van der Waals surface area contributed by atoms with E-state index in [4.69, 9.17) is 9.15 Å². The predicted molar refractivity (Wildman–Crippen MR) is 108 cm³/mol. The van der Waals surface area contributed by atoms with Crippen LogP contribution in [-0.4, -0.2) is 15.9 Å². The number of pyridine rings is 1. The van der Waals surface area contributed by atoms with E-state index in [2.05, 4.69) is 15.3 Å². The molecule has 0 unspecified atom stereocenters. The third-order valence-corrected chi connectivity index (χ3v) is 4.42. The summed E-state index contributed by atoms with van der Waals surface area (Å²) in [6, 6.07) is 16.3. The van der Waals surface area contributed by atoms with E-state index < -0.39 is 5.97 Å². The second kappa shape index (κ2) is 8.32. The minimum atomic E-state index is -0.486. The zero-order valence-corrected chi connectivity index (χ0v) is 15.4. The van der Waals surface area contributed by atoms with Gasteiger partial charge in [-0.15, -0.1) is 11.3 Å². The molecule has 0 saturated carbocycles. The van der Waals surface area contributed by atoms with Crippen molar-refractivity contribution < 1.29 is 13.9 Å². The van der Waals surface area contributed by atoms with Crippen molar-refractivity contribution in [1.82, 2.24) is 9.97 Å². The van der Waals surface area contributed by atoms with Gasteiger partial charge in [-0.3, -0.25) is 4.98 Å². The molecule has 0 saturated heterocycles. The van der Waals surface area contributed by atoms with Gasteiger partial charge in [0.15, 0.2) is 5.13 Å². The lowest BCUT2D eigenvalue weighted by Crippen LogP contribution is -2.03. The van der Waals surface area contributed by atoms with Gasteiger partial charge in [0.25, 0.3) is 0 Å². The molecular formula is C21H15N3O3S. The van der Waals surface area contributed by atoms with Gasteiger partial charge in [0.2, 0.25) is 0 Å². The van der Waals surface area contributed by atoms with Gasteiger partial charge < -0.3 is 14.5 Å². The molecule has 138 valence electrons. The average Bonchev–Trinajstić information content (AvgIpc) is 3.39. The first kappa shape index (κ1) is 17.7. The molecule has 4 rings (SSSR count). The minimum absolute atomic E-state index is 0.431. The lowest BCUT2D eigenvalue weighted by atomic mass is 10.3. The number of rotatable bonds is 6. The zero-order chi connectivity index (χ0) is 19.2. The van der Waals surface area contributed by atoms with Crippen LogP contribution in [0.5, 0.6) is 5.75 Å². The van der Waals surface area contributed by atoms with E-state index in [0.29, 0.717) is 11.5 Å². The highest BCUT2D eigenvalue weighted by Gasteiger charge is 2.07. The molecule has 0 bridgehead atoms. The lowest BCUT2D eigenvalue weighted by Gasteiger charge is -2.05. The third kappa shape index (κ3) is 4.52. The van der Waals surface area contributed by atoms with Crippen LogP contribution in [0.15, 0.2) is 82.9 Å². The molecule has 0 spiro atoms. The van der Waals surface area contributed by atoms with E-state index in [9.17, 15) is 4.79 Å². The average molecular weight is 389 g/mol. The molecule has 0 amide bonds. The molecule has 0 fully saturated rings. The fourth-order valence-electron chi connectivity index (χ4n) is 2.41. The van der Waals surface area contributed by atoms with Gasteiger partial charge in [0, 0.05) is 29.4 Å². The van der Waals surface area contributed by atoms with Crippen molar-refractivity contribution in [3.8, 4) is 17.1 Å². The van der Waals surface area contributed by atoms with E-state index in [-0.39, 0.29) is 0 Å². The van der Waals surface area contributed by atoms with Crippen LogP contribution in [0.2, 0.25) is 0 Å². The quantitative estimate of drug-likeness (QED) is 0.279. The predicted octanol–water partition coefficient (Wildman–Crippen LogP) is 5.16. The molecule has 1 N–H and O–H groups in total. The van der Waals surface area contributed by atoms with Crippen molar-refractivity contribution >= 4 is 34.2 Å². The van der Waals surface area contributed by atoms with Crippen molar-refractivity contribution in [3.05, 3.63) is 84.3 Å². The number of furan rings is 1. The summed E-state index contributed by atoms with van der Waals surface area (Å²) in [5.41, 5.74) is 2.39. The van der Waals surface area contributed by atoms with E-state index in [1.54, 1.807) is 42.6 Å². The minimum Gasteiger partial charge on any atom is -0.465 e. The van der Waals surface area contributed by atoms with Crippen LogP contribution in [0.25, 0.3) is 17.5 Å². The number of nitrogens with one attached hydrogen (secondary N) is 1. The number of thiazole rings is 1. The Morgan fingerprint density at radius 2 is 2.07 bits per heavy atom. The largest absolute Gasteiger partial charge is 0.465 e. The Morgan fingerprint density at radius 3 is 2.89 bits per heavy atom. The molecule has 0 aliphatic rings. The van der Waals surface area contributed by atoms with Crippen molar-refractivity contribution in [2.24, 2.45) is 0 Å². The van der Waals surface area contributed by atoms with Gasteiger partial charge in [-0.05, 0) is 42.5 Å². The summed E-state index contributed by atoms with van der Waals surface area (Å²) < 4.78 is 10.5. The zero-order valence-electron chi connectivity index (χ0n) is 14.6. The van der Waals surface area contributed by atoms with E-state index in [0.717, 1.165) is 22.2 Å². The molecule has 7 heteroatoms. The van der Waals surface area contributed by atoms with Crippen LogP contribution in [0.4, 0.5) is 10.8 Å². The summed E-state index contributed by atoms with van der Waals surface area (Å²) in [6.07, 6.45) is 6.15. The lowest BCUT2D eigenvalue weighted by molar-refractivity contribution is -0.128. The Bertz CT molecular complexity index is 1090. The topological polar surface area (TPSA) is 77.2 Å². The number of aromatic nitrogens is 2. The van der Waals surface area contributed by atoms with Crippen LogP contribution in [-0.2, 0) is 4.79 Å². The number of carbonyl (C=O) groups is 1. The van der Waals surface area contributed by atoms with Crippen molar-refractivity contribution in [2.45, 2.75) is 0 Å². The Kier molecular flexibility index (Phi) is 5.26. The number of hydrogen-bond acceptors (Lipinski definition) is 7. The second-order valence-corrected chi connectivity index (χ2v) is 6.53. The first-order chi connectivity index (χ1) is 13.8. The molecular weight excluding hydrogens is 374 g/mol. The molecule has 0 radical (unpaired) electrons. The van der Waals surface area contributed by atoms with Crippen LogP contribution in [0, 0.1) is 0 Å². The van der Waals surface area contributed by atoms with Crippen LogP contribution in [0.1, 0.15) is 5.76 Å². The Balaban J connectivity index is 1.41. The van der Waals surface area contributed by atoms with Gasteiger partial charge in [0.05, 0.1) is 12.0 Å². The Hall–Kier alpha value is -3.71. The number of nitrogens with zero attached hydrogens (tertiary/aromatic N) is 2. The Morgan fingerprint density at radius 1 is 1.11 bits per heavy atom. The number of carbonyl (C=O) groups excluding carboxylic acids is 1. The maximum atomic E-state index is 11.9. The first-order valence-electron chi connectivity index (χ1n) is 8.44. The molecule has 3 heterocycles. The number of hydrogen-bond donors (Lipinski definition) is 1. The van der Waals surface area contributed by atoms with E-state index in [1.807, 2.05) is 29.6 Å². The summed E-state index contributed by atoms with van der Waals surface area (Å²) in [4.78, 5) is 20.8. The van der Waals surface area contributed by atoms with Crippen LogP contribution < -0.4 is 10.1 Å². The maximum absolute atomic E-state index is 11.9. The fourth-order valence-corrected chi connectivity index (χ4v) is 3.13. The SMILES string of the molecule is O=C(/C=C/c1ccco1)Oc1cccc(Nc2nc(-c3ccccn3)cs2)c1. The standard InChI is InChI=1S/C21H15N3O3S/c25-20(10-9-16-7-4-12-26-16)27-17-6-3-5-15(13-17)23-21-24-19(14-28-21)18-8-1-2-11-22-18/h1-14H,(H,23,24)/b10-9+. The molecule has 4 aromatic rings. The molecule has 1 aromatic carbocycles. The number of esters is 1. The summed E-state index contributed by atoms with van der Waals surface area (Å²) >= 11 is 1.47. The number of anilines is 2. The highest BCUT2D eigenvalue weighted by atomic mass is 32.1. The highest BCUT2D eigenvalue weighted by Crippen LogP contribution is 2.27. The third-order valence-electron chi connectivity index (χ3n) is 3.66. The highest BCUT2D eigenvalue weighted by molar-refractivity contribution is 7.14. The van der Waals surface area contributed by atoms with Gasteiger partial charge >= 0.3 is 5.97 Å². The van der Waals surface area contributed by atoms with E-state index in [1.165, 1.54) is 23.7 Å². The van der Waals surface area contributed by atoms with Gasteiger partial charge in [-0.2, -0.15) is 0 Å². The summed E-state index contributed by atoms with van der Waals surface area (Å²) in [6.45, 7) is 0. The molecule has 6 nitrogen and oxygen atoms in total. The molecule has 28 heavy (non-hydrogen) atoms. The second-order valence-electron chi connectivity index (χ2n) is 5.68. The van der Waals surface area contributed by atoms with Crippen molar-refractivity contribution in [1.29, 1.82) is 0 Å². The van der Waals surface area contributed by atoms with E-state index >= 15 is 0 Å². The Labute approximate surface area is 165 Å². The van der Waals surface area contributed by atoms with Gasteiger partial charge in [0.1, 0.15) is 17.2 Å². The summed E-state index contributed by atoms with van der Waals surface area (Å²) in [5, 5.41) is 5.88.